The maximum atomic E-state index is 13.2. The number of nitrogens with zero attached hydrogens (tertiary/aromatic N) is 2. The number of thiophene rings is 2. The van der Waals surface area contributed by atoms with Crippen LogP contribution in [0.4, 0.5) is 0 Å². The van der Waals surface area contributed by atoms with Gasteiger partial charge < -0.3 is 5.32 Å². The molecule has 4 rings (SSSR count). The van der Waals surface area contributed by atoms with Gasteiger partial charge in [0.15, 0.2) is 5.96 Å². The first-order valence-electron chi connectivity index (χ1n) is 9.86. The molecular formula is C24H22N4OS2. The van der Waals surface area contributed by atoms with Crippen molar-refractivity contribution in [2.24, 2.45) is 5.92 Å². The summed E-state index contributed by atoms with van der Waals surface area (Å²) in [6.07, 6.45) is 4.66. The second-order valence-electron chi connectivity index (χ2n) is 7.67. The lowest BCUT2D eigenvalue weighted by Gasteiger charge is -2.44. The largest absolute Gasteiger partial charge is 0.345 e. The number of hydrogen-bond acceptors (Lipinski definition) is 5. The third-order valence-corrected chi connectivity index (χ3v) is 7.68. The average Bonchev–Trinajstić information content (AvgIpc) is 3.47. The van der Waals surface area contributed by atoms with Crippen molar-refractivity contribution in [1.82, 2.24) is 10.2 Å². The minimum Gasteiger partial charge on any atom is -0.345 e. The van der Waals surface area contributed by atoms with Crippen molar-refractivity contribution in [3.8, 4) is 17.2 Å². The highest BCUT2D eigenvalue weighted by Gasteiger charge is 2.47. The Hall–Kier alpha value is -3.21. The fraction of sp³-hybridized carbons (Fsp3) is 0.208. The summed E-state index contributed by atoms with van der Waals surface area (Å²) in [6, 6.07) is 15.8. The molecule has 0 spiro atoms. The Labute approximate surface area is 189 Å². The molecule has 3 heterocycles. The maximum absolute atomic E-state index is 13.2. The van der Waals surface area contributed by atoms with Gasteiger partial charge in [-0.1, -0.05) is 24.3 Å². The molecule has 156 valence electrons. The van der Waals surface area contributed by atoms with E-state index in [9.17, 15) is 10.1 Å². The second kappa shape index (κ2) is 8.50. The zero-order valence-electron chi connectivity index (χ0n) is 17.3. The van der Waals surface area contributed by atoms with E-state index in [4.69, 9.17) is 5.41 Å². The van der Waals surface area contributed by atoms with Crippen molar-refractivity contribution in [2.45, 2.75) is 18.9 Å². The summed E-state index contributed by atoms with van der Waals surface area (Å²) in [6.45, 7) is 2.00. The van der Waals surface area contributed by atoms with Crippen molar-refractivity contribution in [2.75, 3.05) is 7.05 Å². The van der Waals surface area contributed by atoms with Crippen LogP contribution >= 0.6 is 22.7 Å². The molecule has 1 amide bonds. The molecule has 1 aromatic carbocycles. The number of rotatable bonds is 5. The van der Waals surface area contributed by atoms with E-state index in [1.807, 2.05) is 60.2 Å². The van der Waals surface area contributed by atoms with Crippen LogP contribution in [0.3, 0.4) is 0 Å². The van der Waals surface area contributed by atoms with Crippen LogP contribution in [0.25, 0.3) is 17.2 Å². The lowest BCUT2D eigenvalue weighted by molar-refractivity contribution is -0.135. The van der Waals surface area contributed by atoms with Gasteiger partial charge in [0, 0.05) is 16.8 Å². The summed E-state index contributed by atoms with van der Waals surface area (Å²) < 4.78 is 0. The number of amides is 1. The van der Waals surface area contributed by atoms with Crippen molar-refractivity contribution in [3.05, 3.63) is 74.6 Å². The van der Waals surface area contributed by atoms with Gasteiger partial charge in [-0.05, 0) is 65.6 Å². The lowest BCUT2D eigenvalue weighted by Crippen LogP contribution is -2.63. The first-order valence-corrected chi connectivity index (χ1v) is 11.6. The zero-order chi connectivity index (χ0) is 22.0. The molecule has 0 radical (unpaired) electrons. The predicted octanol–water partition coefficient (Wildman–Crippen LogP) is 5.28. The standard InChI is InChI=1S/C24H22N4OS2/c1-24(21-13-18(15-31-21)17-7-3-6-16(12-17)14-25)20(22(29)28(2)23(26)27-24)10-4-8-19-9-5-11-30-19/h3-9,11-13,15,20H,10H2,1-2H3,(H2,26,27)/b8-4+/t20?,24-/m0/s1. The van der Waals surface area contributed by atoms with Crippen LogP contribution in [0.1, 0.15) is 28.7 Å². The van der Waals surface area contributed by atoms with Crippen LogP contribution in [-0.2, 0) is 10.3 Å². The smallest absolute Gasteiger partial charge is 0.235 e. The molecule has 0 bridgehead atoms. The Morgan fingerprint density at radius 2 is 2.10 bits per heavy atom. The number of nitrogens with one attached hydrogen (secondary N) is 2. The zero-order valence-corrected chi connectivity index (χ0v) is 18.9. The summed E-state index contributed by atoms with van der Waals surface area (Å²) >= 11 is 3.23. The summed E-state index contributed by atoms with van der Waals surface area (Å²) in [5.74, 6) is -0.310. The molecule has 5 nitrogen and oxygen atoms in total. The third-order valence-electron chi connectivity index (χ3n) is 5.67. The van der Waals surface area contributed by atoms with E-state index in [1.165, 1.54) is 4.90 Å². The summed E-state index contributed by atoms with van der Waals surface area (Å²) in [5.41, 5.74) is 1.89. The number of nitriles is 1. The minimum atomic E-state index is -0.698. The van der Waals surface area contributed by atoms with E-state index in [-0.39, 0.29) is 17.8 Å². The first kappa shape index (κ1) is 21.0. The molecule has 7 heteroatoms. The number of hydrogen-bond donors (Lipinski definition) is 2. The van der Waals surface area contributed by atoms with Crippen LogP contribution in [0.2, 0.25) is 0 Å². The Morgan fingerprint density at radius 3 is 2.84 bits per heavy atom. The van der Waals surface area contributed by atoms with Crippen molar-refractivity contribution < 1.29 is 4.79 Å². The van der Waals surface area contributed by atoms with Gasteiger partial charge in [-0.25, -0.2) is 0 Å². The van der Waals surface area contributed by atoms with Crippen LogP contribution in [0, 0.1) is 22.7 Å². The minimum absolute atomic E-state index is 0.0662. The van der Waals surface area contributed by atoms with Crippen LogP contribution < -0.4 is 5.32 Å². The van der Waals surface area contributed by atoms with Gasteiger partial charge in [0.1, 0.15) is 0 Å². The molecule has 1 aliphatic rings. The Balaban J connectivity index is 1.67. The van der Waals surface area contributed by atoms with E-state index in [1.54, 1.807) is 35.8 Å². The Morgan fingerprint density at radius 1 is 1.26 bits per heavy atom. The van der Waals surface area contributed by atoms with Crippen LogP contribution in [-0.4, -0.2) is 23.8 Å². The van der Waals surface area contributed by atoms with Gasteiger partial charge in [-0.3, -0.25) is 15.1 Å². The lowest BCUT2D eigenvalue weighted by atomic mass is 9.79. The molecule has 2 atom stereocenters. The monoisotopic (exact) mass is 446 g/mol. The molecule has 31 heavy (non-hydrogen) atoms. The van der Waals surface area contributed by atoms with Crippen molar-refractivity contribution in [3.63, 3.8) is 0 Å². The summed E-state index contributed by atoms with van der Waals surface area (Å²) in [7, 11) is 1.64. The summed E-state index contributed by atoms with van der Waals surface area (Å²) in [4.78, 5) is 16.7. The number of carbonyl (C=O) groups is 1. The van der Waals surface area contributed by atoms with Crippen molar-refractivity contribution >= 4 is 40.6 Å². The van der Waals surface area contributed by atoms with E-state index >= 15 is 0 Å². The molecule has 2 N–H and O–H groups in total. The Bertz CT molecular complexity index is 1190. The topological polar surface area (TPSA) is 80.0 Å². The van der Waals surface area contributed by atoms with Gasteiger partial charge in [0.25, 0.3) is 0 Å². The molecule has 3 aromatic rings. The highest BCUT2D eigenvalue weighted by Crippen LogP contribution is 2.41. The molecule has 0 aliphatic carbocycles. The Kier molecular flexibility index (Phi) is 5.77. The number of carbonyl (C=O) groups excluding carboxylic acids is 1. The molecule has 1 unspecified atom stereocenters. The van der Waals surface area contributed by atoms with Gasteiger partial charge in [0.2, 0.25) is 5.91 Å². The normalized spacial score (nSPS) is 21.3. The quantitative estimate of drug-likeness (QED) is 0.560. The van der Waals surface area contributed by atoms with Gasteiger partial charge in [-0.2, -0.15) is 5.26 Å². The first-order chi connectivity index (χ1) is 14.9. The van der Waals surface area contributed by atoms with Crippen LogP contribution in [0.15, 0.2) is 59.3 Å². The highest BCUT2D eigenvalue weighted by atomic mass is 32.1. The number of benzene rings is 1. The third kappa shape index (κ3) is 4.05. The van der Waals surface area contributed by atoms with E-state index in [0.717, 1.165) is 20.9 Å². The molecule has 2 aromatic heterocycles. The second-order valence-corrected chi connectivity index (χ2v) is 9.56. The molecule has 0 saturated carbocycles. The van der Waals surface area contributed by atoms with E-state index < -0.39 is 5.54 Å². The van der Waals surface area contributed by atoms with Gasteiger partial charge >= 0.3 is 0 Å². The fourth-order valence-electron chi connectivity index (χ4n) is 3.81. The molecular weight excluding hydrogens is 424 g/mol. The highest BCUT2D eigenvalue weighted by molar-refractivity contribution is 7.11. The SMILES string of the molecule is CN1C(=N)N[C@](C)(c2cc(-c3cccc(C#N)c3)cs2)C(C/C=C/c2cccs2)C1=O. The van der Waals surface area contributed by atoms with Gasteiger partial charge in [0.05, 0.1) is 23.1 Å². The average molecular weight is 447 g/mol. The number of allylic oxidation sites excluding steroid dienone is 1. The van der Waals surface area contributed by atoms with Gasteiger partial charge in [-0.15, -0.1) is 22.7 Å². The maximum Gasteiger partial charge on any atom is 0.235 e. The van der Waals surface area contributed by atoms with Crippen LogP contribution in [0.5, 0.6) is 0 Å². The molecule has 1 saturated heterocycles. The number of guanidine groups is 1. The van der Waals surface area contributed by atoms with Crippen molar-refractivity contribution in [1.29, 1.82) is 10.7 Å². The summed E-state index contributed by atoms with van der Waals surface area (Å²) in [5, 5.41) is 24.8. The fourth-order valence-corrected chi connectivity index (χ4v) is 5.55. The molecule has 1 fully saturated rings. The molecule has 1 aliphatic heterocycles. The predicted molar refractivity (Wildman–Crippen MR) is 127 cm³/mol. The van der Waals surface area contributed by atoms with E-state index in [0.29, 0.717) is 12.0 Å². The van der Waals surface area contributed by atoms with E-state index in [2.05, 4.69) is 17.5 Å².